The lowest BCUT2D eigenvalue weighted by atomic mass is 9.66. The number of fused-ring (bicyclic) bond motifs is 1. The van der Waals surface area contributed by atoms with Crippen LogP contribution in [0.1, 0.15) is 47.0 Å². The number of halogens is 1. The summed E-state index contributed by atoms with van der Waals surface area (Å²) in [6.45, 7) is 10.9. The first-order valence-corrected chi connectivity index (χ1v) is 9.52. The maximum absolute atomic E-state index is 6.45. The summed E-state index contributed by atoms with van der Waals surface area (Å²) in [6, 6.07) is 0.570. The van der Waals surface area contributed by atoms with Gasteiger partial charge in [0.1, 0.15) is 0 Å². The highest BCUT2D eigenvalue weighted by Crippen LogP contribution is 2.56. The Hall–Kier alpha value is -1.28. The van der Waals surface area contributed by atoms with Crippen molar-refractivity contribution in [2.75, 3.05) is 13.1 Å². The summed E-state index contributed by atoms with van der Waals surface area (Å²) in [7, 11) is 0. The minimum absolute atomic E-state index is 0.0466. The second-order valence-electron chi connectivity index (χ2n) is 8.16. The average Bonchev–Trinajstić information content (AvgIpc) is 2.87. The summed E-state index contributed by atoms with van der Waals surface area (Å²) in [4.78, 5) is 7.37. The smallest absolute Gasteiger partial charge is 0.0743 e. The summed E-state index contributed by atoms with van der Waals surface area (Å²) in [5.74, 6) is 0.553. The Morgan fingerprint density at radius 2 is 2.21 bits per heavy atom. The molecule has 0 N–H and O–H groups in total. The molecule has 5 bridgehead atoms. The lowest BCUT2D eigenvalue weighted by Crippen LogP contribution is -2.46. The molecular formula is C21H27ClN2. The Morgan fingerprint density at radius 3 is 2.96 bits per heavy atom. The maximum atomic E-state index is 6.45. The van der Waals surface area contributed by atoms with Crippen molar-refractivity contribution in [1.82, 2.24) is 4.90 Å². The Balaban J connectivity index is 1.91. The van der Waals surface area contributed by atoms with E-state index in [1.807, 2.05) is 0 Å². The van der Waals surface area contributed by atoms with Crippen molar-refractivity contribution in [2.45, 2.75) is 53.0 Å². The lowest BCUT2D eigenvalue weighted by Gasteiger charge is -2.46. The summed E-state index contributed by atoms with van der Waals surface area (Å²) in [6.07, 6.45) is 10.3. The monoisotopic (exact) mass is 342 g/mol. The molecule has 24 heavy (non-hydrogen) atoms. The molecule has 3 unspecified atom stereocenters. The third kappa shape index (κ3) is 2.26. The fraction of sp³-hybridized carbons (Fsp3) is 0.571. The van der Waals surface area contributed by atoms with Crippen LogP contribution < -0.4 is 0 Å². The van der Waals surface area contributed by atoms with Crippen LogP contribution in [0.3, 0.4) is 0 Å². The van der Waals surface area contributed by atoms with Gasteiger partial charge in [-0.05, 0) is 56.3 Å². The van der Waals surface area contributed by atoms with E-state index in [0.717, 1.165) is 24.4 Å². The second kappa shape index (κ2) is 5.62. The SMILES string of the molecule is CC(C)=CCN1C2=C3CC1C(C)C1(C)/C=N\C/C(Cl)=C\C3=C1CC2. The van der Waals surface area contributed by atoms with Crippen LogP contribution in [0.15, 0.2) is 50.2 Å². The van der Waals surface area contributed by atoms with Crippen molar-refractivity contribution in [1.29, 1.82) is 0 Å². The number of hydrogen-bond acceptors (Lipinski definition) is 2. The quantitative estimate of drug-likeness (QED) is 0.627. The Kier molecular flexibility index (Phi) is 3.80. The molecule has 4 rings (SSSR count). The third-order valence-electron chi connectivity index (χ3n) is 6.54. The molecule has 128 valence electrons. The normalized spacial score (nSPS) is 37.7. The van der Waals surface area contributed by atoms with E-state index < -0.39 is 0 Å². The molecule has 2 heterocycles. The molecular weight excluding hydrogens is 316 g/mol. The molecule has 0 fully saturated rings. The van der Waals surface area contributed by atoms with E-state index >= 15 is 0 Å². The summed E-state index contributed by atoms with van der Waals surface area (Å²) in [5, 5.41) is 0.864. The van der Waals surface area contributed by atoms with Crippen molar-refractivity contribution in [3.8, 4) is 0 Å². The zero-order chi connectivity index (χ0) is 17.1. The summed E-state index contributed by atoms with van der Waals surface area (Å²) < 4.78 is 0. The molecule has 2 aliphatic heterocycles. The Bertz CT molecular complexity index is 733. The topological polar surface area (TPSA) is 15.6 Å². The molecule has 3 heteroatoms. The molecule has 0 radical (unpaired) electrons. The minimum Gasteiger partial charge on any atom is -0.367 e. The first kappa shape index (κ1) is 16.2. The number of rotatable bonds is 2. The van der Waals surface area contributed by atoms with Gasteiger partial charge >= 0.3 is 0 Å². The number of likely N-dealkylation sites (tertiary alicyclic amines) is 1. The third-order valence-corrected chi connectivity index (χ3v) is 6.77. The van der Waals surface area contributed by atoms with Crippen LogP contribution in [-0.2, 0) is 0 Å². The molecule has 4 aliphatic rings. The van der Waals surface area contributed by atoms with Gasteiger partial charge in [-0.1, -0.05) is 42.7 Å². The molecule has 0 aromatic heterocycles. The van der Waals surface area contributed by atoms with E-state index in [2.05, 4.69) is 56.0 Å². The second-order valence-corrected chi connectivity index (χ2v) is 8.64. The molecule has 0 saturated heterocycles. The van der Waals surface area contributed by atoms with Gasteiger partial charge in [0.15, 0.2) is 0 Å². The molecule has 0 spiro atoms. The van der Waals surface area contributed by atoms with E-state index in [9.17, 15) is 0 Å². The van der Waals surface area contributed by atoms with Crippen LogP contribution in [-0.4, -0.2) is 30.2 Å². The van der Waals surface area contributed by atoms with Gasteiger partial charge in [0.2, 0.25) is 0 Å². The van der Waals surface area contributed by atoms with E-state index in [4.69, 9.17) is 11.6 Å². The van der Waals surface area contributed by atoms with Crippen molar-refractivity contribution in [2.24, 2.45) is 16.3 Å². The fourth-order valence-electron chi connectivity index (χ4n) is 5.03. The average molecular weight is 343 g/mol. The first-order valence-electron chi connectivity index (χ1n) is 9.15. The largest absolute Gasteiger partial charge is 0.367 e. The fourth-order valence-corrected chi connectivity index (χ4v) is 5.21. The predicted molar refractivity (Wildman–Crippen MR) is 102 cm³/mol. The van der Waals surface area contributed by atoms with E-state index in [-0.39, 0.29) is 5.41 Å². The minimum atomic E-state index is 0.0466. The predicted octanol–water partition coefficient (Wildman–Crippen LogP) is 5.23. The van der Waals surface area contributed by atoms with Gasteiger partial charge in [0.05, 0.1) is 6.54 Å². The number of hydrogen-bond donors (Lipinski definition) is 0. The van der Waals surface area contributed by atoms with Gasteiger partial charge in [-0.3, -0.25) is 4.99 Å². The van der Waals surface area contributed by atoms with Crippen LogP contribution in [0.25, 0.3) is 0 Å². The molecule has 3 atom stereocenters. The summed E-state index contributed by atoms with van der Waals surface area (Å²) in [5.41, 5.74) is 7.58. The van der Waals surface area contributed by atoms with Crippen molar-refractivity contribution in [3.63, 3.8) is 0 Å². The molecule has 0 amide bonds. The standard InChI is InChI=1S/C21H27ClN2/c1-13(2)7-8-24-19-6-5-18-16-9-15(22)11-23-12-21(18,4)14(3)20(24)10-17(16)19/h7,9,12,14,20H,5-6,8,10-11H2,1-4H3/b15-9+,23-12-. The molecule has 2 aliphatic carbocycles. The molecule has 0 aromatic rings. The van der Waals surface area contributed by atoms with Crippen molar-refractivity contribution < 1.29 is 0 Å². The highest BCUT2D eigenvalue weighted by molar-refractivity contribution is 6.30. The molecule has 2 nitrogen and oxygen atoms in total. The zero-order valence-corrected chi connectivity index (χ0v) is 16.0. The highest BCUT2D eigenvalue weighted by atomic mass is 35.5. The van der Waals surface area contributed by atoms with Crippen molar-refractivity contribution >= 4 is 17.8 Å². The molecule has 0 aromatic carbocycles. The van der Waals surface area contributed by atoms with Crippen LogP contribution in [0, 0.1) is 11.3 Å². The van der Waals surface area contributed by atoms with Gasteiger partial charge in [0, 0.05) is 34.9 Å². The van der Waals surface area contributed by atoms with Crippen LogP contribution >= 0.6 is 11.6 Å². The summed E-state index contributed by atoms with van der Waals surface area (Å²) >= 11 is 6.45. The zero-order valence-electron chi connectivity index (χ0n) is 15.2. The lowest BCUT2D eigenvalue weighted by molar-refractivity contribution is 0.162. The van der Waals surface area contributed by atoms with E-state index in [0.29, 0.717) is 18.5 Å². The van der Waals surface area contributed by atoms with Crippen molar-refractivity contribution in [3.05, 3.63) is 45.2 Å². The van der Waals surface area contributed by atoms with Gasteiger partial charge < -0.3 is 4.90 Å². The van der Waals surface area contributed by atoms with Gasteiger partial charge in [-0.25, -0.2) is 0 Å². The van der Waals surface area contributed by atoms with Gasteiger partial charge in [-0.15, -0.1) is 0 Å². The Labute approximate surface area is 150 Å². The highest BCUT2D eigenvalue weighted by Gasteiger charge is 2.50. The maximum Gasteiger partial charge on any atom is 0.0743 e. The Morgan fingerprint density at radius 1 is 1.42 bits per heavy atom. The molecule has 0 saturated carbocycles. The van der Waals surface area contributed by atoms with Crippen LogP contribution in [0.2, 0.25) is 0 Å². The number of nitrogens with zero attached hydrogens (tertiary/aromatic N) is 2. The van der Waals surface area contributed by atoms with Gasteiger partial charge in [0.25, 0.3) is 0 Å². The first-order chi connectivity index (χ1) is 11.4. The van der Waals surface area contributed by atoms with Crippen LogP contribution in [0.5, 0.6) is 0 Å². The van der Waals surface area contributed by atoms with Gasteiger partial charge in [-0.2, -0.15) is 0 Å². The van der Waals surface area contributed by atoms with E-state index in [1.165, 1.54) is 17.6 Å². The van der Waals surface area contributed by atoms with Crippen LogP contribution in [0.4, 0.5) is 0 Å². The number of allylic oxidation sites excluding steroid dienone is 5. The number of aliphatic imine (C=N–C) groups is 1. The van der Waals surface area contributed by atoms with E-state index in [1.54, 1.807) is 16.8 Å².